The maximum absolute atomic E-state index is 13.0. The van der Waals surface area contributed by atoms with Crippen molar-refractivity contribution in [2.24, 2.45) is 10.8 Å². The molecule has 0 aromatic heterocycles. The molecule has 2 spiro atoms. The van der Waals surface area contributed by atoms with Crippen LogP contribution in [-0.2, 0) is 38.0 Å². The minimum atomic E-state index is -0.786. The summed E-state index contributed by atoms with van der Waals surface area (Å²) in [6, 6.07) is 0. The summed E-state index contributed by atoms with van der Waals surface area (Å²) < 4.78 is 36.8. The Bertz CT molecular complexity index is 1130. The van der Waals surface area contributed by atoms with Crippen LogP contribution in [-0.4, -0.2) is 85.2 Å². The van der Waals surface area contributed by atoms with Crippen molar-refractivity contribution in [2.45, 2.75) is 88.9 Å². The number of fused-ring (bicyclic) bond motifs is 1. The molecule has 38 heavy (non-hydrogen) atoms. The molecule has 0 amide bonds. The van der Waals surface area contributed by atoms with Gasteiger partial charge in [-0.15, -0.1) is 0 Å². The number of aliphatic hydroxyl groups is 1. The lowest BCUT2D eigenvalue weighted by Crippen LogP contribution is -2.69. The molecular weight excluding hydrogens is 492 g/mol. The SMILES string of the molecule is CC1=C[C@@H]2O[C@@H]3C[C@@H]4OC(=O)/C=C/C=C/[C@H]([C@H](C)O)OCC/C(C)=C/C(=O)OC[C@]2([C@@H]2O[C@H]12)[C@@]4(C)[C@@]31CO1. The van der Waals surface area contributed by atoms with Crippen molar-refractivity contribution in [2.75, 3.05) is 19.8 Å². The van der Waals surface area contributed by atoms with E-state index in [-0.39, 0.29) is 31.0 Å². The van der Waals surface area contributed by atoms with Gasteiger partial charge < -0.3 is 33.5 Å². The van der Waals surface area contributed by atoms with Crippen molar-refractivity contribution < 1.29 is 43.1 Å². The third kappa shape index (κ3) is 3.78. The number of aliphatic hydroxyl groups excluding tert-OH is 1. The van der Waals surface area contributed by atoms with Crippen molar-refractivity contribution in [3.8, 4) is 0 Å². The van der Waals surface area contributed by atoms with Crippen molar-refractivity contribution in [1.82, 2.24) is 0 Å². The van der Waals surface area contributed by atoms with E-state index in [4.69, 9.17) is 28.4 Å². The second-order valence-corrected chi connectivity index (χ2v) is 11.7. The maximum atomic E-state index is 13.0. The Labute approximate surface area is 222 Å². The van der Waals surface area contributed by atoms with E-state index in [0.717, 1.165) is 11.1 Å². The highest BCUT2D eigenvalue weighted by Crippen LogP contribution is 2.74. The van der Waals surface area contributed by atoms with E-state index in [9.17, 15) is 14.7 Å². The molecule has 2 bridgehead atoms. The first-order valence-corrected chi connectivity index (χ1v) is 13.4. The molecule has 6 rings (SSSR count). The Morgan fingerprint density at radius 1 is 1.08 bits per heavy atom. The molecule has 4 aliphatic heterocycles. The largest absolute Gasteiger partial charge is 0.462 e. The van der Waals surface area contributed by atoms with Gasteiger partial charge in [0.1, 0.15) is 36.6 Å². The van der Waals surface area contributed by atoms with Crippen LogP contribution in [0.5, 0.6) is 0 Å². The summed E-state index contributed by atoms with van der Waals surface area (Å²) in [5.74, 6) is -0.948. The van der Waals surface area contributed by atoms with Crippen LogP contribution in [0.1, 0.15) is 40.5 Å². The molecule has 1 N–H and O–H groups in total. The Kier molecular flexibility index (Phi) is 6.23. The number of hydrogen-bond donors (Lipinski definition) is 1. The Balaban J connectivity index is 1.38. The second-order valence-electron chi connectivity index (χ2n) is 11.7. The number of ether oxygens (including phenoxy) is 6. The molecule has 10 atom stereocenters. The number of carbonyl (C=O) groups is 2. The smallest absolute Gasteiger partial charge is 0.331 e. The van der Waals surface area contributed by atoms with Gasteiger partial charge >= 0.3 is 11.9 Å². The van der Waals surface area contributed by atoms with Crippen LogP contribution in [0.15, 0.2) is 47.6 Å². The van der Waals surface area contributed by atoms with Gasteiger partial charge in [-0.3, -0.25) is 0 Å². The van der Waals surface area contributed by atoms with E-state index < -0.39 is 46.7 Å². The summed E-state index contributed by atoms with van der Waals surface area (Å²) in [5.41, 5.74) is -0.222. The number of esters is 2. The predicted octanol–water partition coefficient (Wildman–Crippen LogP) is 2.33. The first-order chi connectivity index (χ1) is 18.1. The molecule has 0 aromatic carbocycles. The van der Waals surface area contributed by atoms with Gasteiger partial charge in [-0.1, -0.05) is 36.8 Å². The van der Waals surface area contributed by atoms with Crippen molar-refractivity contribution in [3.05, 3.63) is 47.6 Å². The highest BCUT2D eigenvalue weighted by Gasteiger charge is 2.87. The van der Waals surface area contributed by atoms with Crippen LogP contribution < -0.4 is 0 Å². The average Bonchev–Trinajstić information content (AvgIpc) is 3.76. The van der Waals surface area contributed by atoms with E-state index in [1.54, 1.807) is 25.2 Å². The summed E-state index contributed by atoms with van der Waals surface area (Å²) in [4.78, 5) is 26.0. The summed E-state index contributed by atoms with van der Waals surface area (Å²) in [6.45, 7) is 8.45. The standard InChI is InChI=1S/C29H36O9/c1-16-9-10-33-19(18(3)30)7-5-6-8-23(31)37-20-13-22-29(15-35-29)27(20,4)28(14-34-24(32)11-16)21(36-22)12-17(2)25-26(28)38-25/h5-8,11-12,18-22,25-26,30H,9-10,13-15H2,1-4H3/b7-5+,8-6+,16-11+/t18-,19+,20-,21-,22+,25+,26+,27-,28-,29+/m0/s1. The molecule has 9 heteroatoms. The fraction of sp³-hybridized carbons (Fsp3) is 0.655. The van der Waals surface area contributed by atoms with Gasteiger partial charge in [-0.25, -0.2) is 9.59 Å². The van der Waals surface area contributed by atoms with Gasteiger partial charge in [0.05, 0.1) is 42.4 Å². The Morgan fingerprint density at radius 2 is 1.87 bits per heavy atom. The molecule has 4 heterocycles. The van der Waals surface area contributed by atoms with Crippen molar-refractivity contribution in [3.63, 3.8) is 0 Å². The maximum Gasteiger partial charge on any atom is 0.331 e. The van der Waals surface area contributed by atoms with E-state index in [0.29, 0.717) is 26.1 Å². The molecule has 9 nitrogen and oxygen atoms in total. The first-order valence-electron chi connectivity index (χ1n) is 13.4. The highest BCUT2D eigenvalue weighted by atomic mass is 16.7. The molecule has 0 unspecified atom stereocenters. The lowest BCUT2D eigenvalue weighted by molar-refractivity contribution is -0.235. The Hall–Kier alpha value is -2.30. The molecule has 206 valence electrons. The van der Waals surface area contributed by atoms with Crippen LogP contribution in [0.25, 0.3) is 0 Å². The minimum Gasteiger partial charge on any atom is -0.462 e. The number of hydrogen-bond acceptors (Lipinski definition) is 9. The zero-order valence-corrected chi connectivity index (χ0v) is 22.3. The molecule has 0 radical (unpaired) electrons. The minimum absolute atomic E-state index is 0.0484. The lowest BCUT2D eigenvalue weighted by atomic mass is 9.51. The normalized spacial score (nSPS) is 50.0. The molecule has 3 saturated heterocycles. The van der Waals surface area contributed by atoms with E-state index in [2.05, 4.69) is 13.0 Å². The van der Waals surface area contributed by atoms with Gasteiger partial charge in [0, 0.05) is 18.6 Å². The van der Waals surface area contributed by atoms with E-state index in [1.807, 2.05) is 13.8 Å². The predicted molar refractivity (Wildman–Crippen MR) is 134 cm³/mol. The highest BCUT2D eigenvalue weighted by molar-refractivity contribution is 5.83. The molecule has 4 fully saturated rings. The van der Waals surface area contributed by atoms with Crippen LogP contribution in [0.4, 0.5) is 0 Å². The van der Waals surface area contributed by atoms with Crippen LogP contribution in [0.2, 0.25) is 0 Å². The third-order valence-electron chi connectivity index (χ3n) is 9.58. The number of epoxide rings is 2. The molecule has 1 saturated carbocycles. The van der Waals surface area contributed by atoms with Crippen LogP contribution >= 0.6 is 0 Å². The van der Waals surface area contributed by atoms with Crippen molar-refractivity contribution in [1.29, 1.82) is 0 Å². The number of rotatable bonds is 1. The van der Waals surface area contributed by atoms with Crippen LogP contribution in [0.3, 0.4) is 0 Å². The zero-order chi connectivity index (χ0) is 26.9. The van der Waals surface area contributed by atoms with E-state index in [1.165, 1.54) is 12.2 Å². The molecule has 6 aliphatic rings. The van der Waals surface area contributed by atoms with Gasteiger partial charge in [0.2, 0.25) is 0 Å². The lowest BCUT2D eigenvalue weighted by Gasteiger charge is -2.57. The van der Waals surface area contributed by atoms with Gasteiger partial charge in [0.25, 0.3) is 0 Å². The topological polar surface area (TPSA) is 116 Å². The average molecular weight is 529 g/mol. The van der Waals surface area contributed by atoms with E-state index >= 15 is 0 Å². The quantitative estimate of drug-likeness (QED) is 0.311. The molecule has 2 aliphatic carbocycles. The first kappa shape index (κ1) is 26.0. The molecular formula is C29H36O9. The summed E-state index contributed by atoms with van der Waals surface area (Å²) in [7, 11) is 0. The summed E-state index contributed by atoms with van der Waals surface area (Å²) in [5, 5.41) is 10.1. The second kappa shape index (κ2) is 9.13. The van der Waals surface area contributed by atoms with Crippen molar-refractivity contribution >= 4 is 11.9 Å². The monoisotopic (exact) mass is 528 g/mol. The van der Waals surface area contributed by atoms with Gasteiger partial charge in [-0.2, -0.15) is 0 Å². The number of cyclic esters (lactones) is 1. The molecule has 0 aromatic rings. The zero-order valence-electron chi connectivity index (χ0n) is 22.3. The van der Waals surface area contributed by atoms with Gasteiger partial charge in [0.15, 0.2) is 0 Å². The van der Waals surface area contributed by atoms with Gasteiger partial charge in [-0.05, 0) is 32.8 Å². The summed E-state index contributed by atoms with van der Waals surface area (Å²) >= 11 is 0. The Morgan fingerprint density at radius 3 is 2.61 bits per heavy atom. The fourth-order valence-corrected chi connectivity index (χ4v) is 7.26. The number of allylic oxidation sites excluding steroid dienone is 2. The summed E-state index contributed by atoms with van der Waals surface area (Å²) in [6.07, 6.45) is 8.09. The number of carbonyl (C=O) groups excluding carboxylic acids is 2. The fourth-order valence-electron chi connectivity index (χ4n) is 7.26. The van der Waals surface area contributed by atoms with Crippen LogP contribution in [0, 0.1) is 10.8 Å². The third-order valence-corrected chi connectivity index (χ3v) is 9.58.